The fourth-order valence-electron chi connectivity index (χ4n) is 3.37. The molecular weight excluding hydrogens is 434 g/mol. The van der Waals surface area contributed by atoms with Gasteiger partial charge in [-0.05, 0) is 24.3 Å². The Kier molecular flexibility index (Phi) is 6.83. The van der Waals surface area contributed by atoms with Gasteiger partial charge in [0.25, 0.3) is 0 Å². The normalized spacial score (nSPS) is 10.8. The number of amides is 1. The van der Waals surface area contributed by atoms with Gasteiger partial charge in [-0.1, -0.05) is 48.5 Å². The maximum Gasteiger partial charge on any atom is 0.311 e. The van der Waals surface area contributed by atoms with E-state index in [-0.39, 0.29) is 5.82 Å². The monoisotopic (exact) mass is 457 g/mol. The molecule has 0 spiro atoms. The van der Waals surface area contributed by atoms with E-state index in [1.54, 1.807) is 16.8 Å². The second kappa shape index (κ2) is 10.3. The minimum Gasteiger partial charge on any atom is -0.493 e. The molecule has 1 N–H and O–H groups in total. The number of aromatic nitrogens is 3. The quantitative estimate of drug-likeness (QED) is 0.320. The Hall–Kier alpha value is -4.66. The fraction of sp³-hybridized carbons (Fsp3) is 0.120. The second-order valence-corrected chi connectivity index (χ2v) is 7.00. The predicted octanol–water partition coefficient (Wildman–Crippen LogP) is 3.72. The highest BCUT2D eigenvalue weighted by molar-refractivity contribution is 5.92. The van der Waals surface area contributed by atoms with Crippen molar-refractivity contribution in [1.82, 2.24) is 20.2 Å². The summed E-state index contributed by atoms with van der Waals surface area (Å²) in [6.07, 6.45) is 1.45. The van der Waals surface area contributed by atoms with Crippen LogP contribution in [0.25, 0.3) is 17.1 Å². The van der Waals surface area contributed by atoms with Crippen LogP contribution in [0.2, 0.25) is 0 Å². The molecule has 0 saturated carbocycles. The number of hydrazone groups is 1. The summed E-state index contributed by atoms with van der Waals surface area (Å²) in [7, 11) is 4.57. The molecule has 0 saturated heterocycles. The average Bonchev–Trinajstić information content (AvgIpc) is 3.35. The summed E-state index contributed by atoms with van der Waals surface area (Å²) >= 11 is 0. The van der Waals surface area contributed by atoms with Gasteiger partial charge in [-0.15, -0.1) is 5.10 Å². The van der Waals surface area contributed by atoms with Crippen LogP contribution >= 0.6 is 0 Å². The number of nitrogens with zero attached hydrogens (tertiary/aromatic N) is 4. The molecule has 9 heteroatoms. The van der Waals surface area contributed by atoms with Crippen LogP contribution in [-0.2, 0) is 0 Å². The summed E-state index contributed by atoms with van der Waals surface area (Å²) in [5.41, 5.74) is 4.68. The molecule has 34 heavy (non-hydrogen) atoms. The fourth-order valence-corrected chi connectivity index (χ4v) is 3.37. The van der Waals surface area contributed by atoms with Gasteiger partial charge in [-0.25, -0.2) is 15.1 Å². The van der Waals surface area contributed by atoms with Crippen LogP contribution in [0.15, 0.2) is 77.9 Å². The largest absolute Gasteiger partial charge is 0.493 e. The third kappa shape index (κ3) is 4.58. The van der Waals surface area contributed by atoms with Crippen LogP contribution in [0, 0.1) is 0 Å². The van der Waals surface area contributed by atoms with Crippen LogP contribution in [0.1, 0.15) is 16.2 Å². The lowest BCUT2D eigenvalue weighted by Gasteiger charge is -2.13. The Morgan fingerprint density at radius 3 is 2.21 bits per heavy atom. The average molecular weight is 457 g/mol. The molecule has 0 atom stereocenters. The lowest BCUT2D eigenvalue weighted by Crippen LogP contribution is -2.19. The summed E-state index contributed by atoms with van der Waals surface area (Å²) in [6.45, 7) is 0. The van der Waals surface area contributed by atoms with E-state index in [1.165, 1.54) is 27.5 Å². The number of carbonyl (C=O) groups is 1. The van der Waals surface area contributed by atoms with Crippen molar-refractivity contribution >= 4 is 12.1 Å². The zero-order chi connectivity index (χ0) is 23.9. The SMILES string of the molecule is COc1ccc(/C=N/NC(=O)c2nc(-c3ccccc3)n(-c3ccccc3)n2)c(OC)c1OC. The van der Waals surface area contributed by atoms with E-state index in [2.05, 4.69) is 20.6 Å². The zero-order valence-electron chi connectivity index (χ0n) is 18.9. The smallest absolute Gasteiger partial charge is 0.311 e. The number of hydrogen-bond acceptors (Lipinski definition) is 7. The van der Waals surface area contributed by atoms with Gasteiger partial charge < -0.3 is 14.2 Å². The van der Waals surface area contributed by atoms with E-state index < -0.39 is 5.91 Å². The molecule has 1 heterocycles. The van der Waals surface area contributed by atoms with Gasteiger partial charge in [-0.2, -0.15) is 5.10 Å². The van der Waals surface area contributed by atoms with Crippen molar-refractivity contribution in [2.45, 2.75) is 0 Å². The van der Waals surface area contributed by atoms with Crippen LogP contribution < -0.4 is 19.6 Å². The molecule has 1 amide bonds. The van der Waals surface area contributed by atoms with Gasteiger partial charge >= 0.3 is 5.91 Å². The van der Waals surface area contributed by atoms with E-state index in [0.717, 1.165) is 11.3 Å². The molecule has 0 fully saturated rings. The molecule has 0 aliphatic heterocycles. The van der Waals surface area contributed by atoms with E-state index in [1.807, 2.05) is 60.7 Å². The Morgan fingerprint density at radius 1 is 0.882 bits per heavy atom. The van der Waals surface area contributed by atoms with Crippen molar-refractivity contribution in [3.8, 4) is 34.3 Å². The zero-order valence-corrected chi connectivity index (χ0v) is 18.9. The van der Waals surface area contributed by atoms with Crippen LogP contribution in [0.5, 0.6) is 17.2 Å². The highest BCUT2D eigenvalue weighted by Crippen LogP contribution is 2.38. The lowest BCUT2D eigenvalue weighted by molar-refractivity contribution is 0.0945. The summed E-state index contributed by atoms with van der Waals surface area (Å²) in [5, 5.41) is 8.48. The molecule has 9 nitrogen and oxygen atoms in total. The van der Waals surface area contributed by atoms with Gasteiger partial charge in [0.1, 0.15) is 0 Å². The Labute approximate surface area is 196 Å². The van der Waals surface area contributed by atoms with E-state index >= 15 is 0 Å². The Balaban J connectivity index is 1.61. The first kappa shape index (κ1) is 22.5. The molecular formula is C25H23N5O4. The predicted molar refractivity (Wildman–Crippen MR) is 128 cm³/mol. The van der Waals surface area contributed by atoms with Crippen molar-refractivity contribution < 1.29 is 19.0 Å². The molecule has 4 aromatic rings. The number of methoxy groups -OCH3 is 3. The van der Waals surface area contributed by atoms with Crippen molar-refractivity contribution in [3.63, 3.8) is 0 Å². The number of ether oxygens (including phenoxy) is 3. The third-order valence-corrected chi connectivity index (χ3v) is 4.95. The number of benzene rings is 3. The number of nitrogens with one attached hydrogen (secondary N) is 1. The first-order valence-electron chi connectivity index (χ1n) is 10.4. The first-order chi connectivity index (χ1) is 16.7. The first-order valence-corrected chi connectivity index (χ1v) is 10.4. The molecule has 172 valence electrons. The van der Waals surface area contributed by atoms with Crippen LogP contribution in [-0.4, -0.2) is 48.2 Å². The molecule has 3 aromatic carbocycles. The summed E-state index contributed by atoms with van der Waals surface area (Å²) in [4.78, 5) is 17.3. The topological polar surface area (TPSA) is 99.9 Å². The van der Waals surface area contributed by atoms with E-state index in [9.17, 15) is 4.79 Å². The molecule has 4 rings (SSSR count). The van der Waals surface area contributed by atoms with Crippen LogP contribution in [0.4, 0.5) is 0 Å². The maximum absolute atomic E-state index is 12.8. The molecule has 0 unspecified atom stereocenters. The Morgan fingerprint density at radius 2 is 1.56 bits per heavy atom. The number of hydrogen-bond donors (Lipinski definition) is 1. The van der Waals surface area contributed by atoms with Gasteiger partial charge in [-0.3, -0.25) is 4.79 Å². The lowest BCUT2D eigenvalue weighted by atomic mass is 10.2. The summed E-state index contributed by atoms with van der Waals surface area (Å²) < 4.78 is 17.7. The van der Waals surface area contributed by atoms with Crippen LogP contribution in [0.3, 0.4) is 0 Å². The van der Waals surface area contributed by atoms with Crippen molar-refractivity contribution in [2.75, 3.05) is 21.3 Å². The van der Waals surface area contributed by atoms with Gasteiger partial charge in [0.15, 0.2) is 17.3 Å². The van der Waals surface area contributed by atoms with Gasteiger partial charge in [0, 0.05) is 11.1 Å². The highest BCUT2D eigenvalue weighted by Gasteiger charge is 2.19. The summed E-state index contributed by atoms with van der Waals surface area (Å²) in [5.74, 6) is 1.35. The van der Waals surface area contributed by atoms with Crippen molar-refractivity contribution in [1.29, 1.82) is 0 Å². The maximum atomic E-state index is 12.8. The number of para-hydroxylation sites is 1. The van der Waals surface area contributed by atoms with E-state index in [4.69, 9.17) is 14.2 Å². The van der Waals surface area contributed by atoms with E-state index in [0.29, 0.717) is 28.6 Å². The minimum absolute atomic E-state index is 0.0147. The second-order valence-electron chi connectivity index (χ2n) is 7.00. The van der Waals surface area contributed by atoms with Crippen molar-refractivity contribution in [2.24, 2.45) is 5.10 Å². The minimum atomic E-state index is -0.553. The van der Waals surface area contributed by atoms with Crippen molar-refractivity contribution in [3.05, 3.63) is 84.2 Å². The van der Waals surface area contributed by atoms with Gasteiger partial charge in [0.05, 0.1) is 33.2 Å². The standard InChI is InChI=1S/C25H23N5O4/c1-32-20-15-14-18(21(33-2)22(20)34-3)16-26-28-25(31)23-27-24(17-10-6-4-7-11-17)30(29-23)19-12-8-5-9-13-19/h4-16H,1-3H3,(H,28,31)/b26-16+. The molecule has 0 aliphatic rings. The molecule has 0 bridgehead atoms. The highest BCUT2D eigenvalue weighted by atomic mass is 16.5. The van der Waals surface area contributed by atoms with Gasteiger partial charge in [0.2, 0.25) is 11.6 Å². The molecule has 0 aliphatic carbocycles. The number of carbonyl (C=O) groups excluding carboxylic acids is 1. The summed E-state index contributed by atoms with van der Waals surface area (Å²) in [6, 6.07) is 22.5. The number of rotatable bonds is 8. The molecule has 0 radical (unpaired) electrons. The molecule has 1 aromatic heterocycles. The Bertz CT molecular complexity index is 1250. The third-order valence-electron chi connectivity index (χ3n) is 4.95.